The van der Waals surface area contributed by atoms with E-state index in [1.165, 1.54) is 0 Å². The number of nitrogens with one attached hydrogen (secondary N) is 1. The molecule has 1 aromatic carbocycles. The number of aromatic nitrogens is 1. The summed E-state index contributed by atoms with van der Waals surface area (Å²) in [5.41, 5.74) is 2.88. The topological polar surface area (TPSA) is 71.5 Å². The van der Waals surface area contributed by atoms with Crippen molar-refractivity contribution in [2.24, 2.45) is 5.92 Å². The van der Waals surface area contributed by atoms with Crippen molar-refractivity contribution < 1.29 is 14.3 Å². The third-order valence-electron chi connectivity index (χ3n) is 5.03. The van der Waals surface area contributed by atoms with E-state index in [0.29, 0.717) is 37.7 Å². The number of carbonyl (C=O) groups is 2. The second-order valence-electron chi connectivity index (χ2n) is 6.92. The fraction of sp³-hybridized carbons (Fsp3) is 0.350. The number of fused-ring (bicyclic) bond motifs is 1. The number of benzene rings is 1. The Kier molecular flexibility index (Phi) is 5.22. The molecular weight excluding hydrogens is 410 g/mol. The SMILES string of the molecule is O=C(Nc1ccc(Br)cn1)[C@H]1CCCN(C(=O)c2ccc3c(c2)COC3)C1. The Morgan fingerprint density at radius 1 is 1.19 bits per heavy atom. The molecule has 140 valence electrons. The van der Waals surface area contributed by atoms with Crippen LogP contribution >= 0.6 is 15.9 Å². The molecule has 0 unspecified atom stereocenters. The van der Waals surface area contributed by atoms with Gasteiger partial charge in [0, 0.05) is 29.3 Å². The first kappa shape index (κ1) is 18.1. The summed E-state index contributed by atoms with van der Waals surface area (Å²) >= 11 is 3.33. The summed E-state index contributed by atoms with van der Waals surface area (Å²) in [6, 6.07) is 9.31. The minimum atomic E-state index is -0.231. The smallest absolute Gasteiger partial charge is 0.253 e. The van der Waals surface area contributed by atoms with Crippen molar-refractivity contribution in [3.63, 3.8) is 0 Å². The molecule has 1 saturated heterocycles. The number of hydrogen-bond acceptors (Lipinski definition) is 4. The van der Waals surface area contributed by atoms with Gasteiger partial charge >= 0.3 is 0 Å². The fourth-order valence-corrected chi connectivity index (χ4v) is 3.78. The molecular formula is C20H20BrN3O3. The van der Waals surface area contributed by atoms with Gasteiger partial charge in [-0.1, -0.05) is 6.07 Å². The summed E-state index contributed by atoms with van der Waals surface area (Å²) in [5.74, 6) is 0.171. The first-order valence-corrected chi connectivity index (χ1v) is 9.81. The van der Waals surface area contributed by atoms with Crippen molar-refractivity contribution in [3.8, 4) is 0 Å². The summed E-state index contributed by atoms with van der Waals surface area (Å²) in [4.78, 5) is 31.4. The molecule has 4 rings (SSSR count). The van der Waals surface area contributed by atoms with Gasteiger partial charge in [0.1, 0.15) is 5.82 Å². The Bertz CT molecular complexity index is 869. The molecule has 27 heavy (non-hydrogen) atoms. The van der Waals surface area contributed by atoms with Crippen LogP contribution in [0.2, 0.25) is 0 Å². The lowest BCUT2D eigenvalue weighted by Crippen LogP contribution is -2.43. The number of anilines is 1. The number of ether oxygens (including phenoxy) is 1. The monoisotopic (exact) mass is 429 g/mol. The van der Waals surface area contributed by atoms with Gasteiger partial charge < -0.3 is 15.0 Å². The van der Waals surface area contributed by atoms with Crippen molar-refractivity contribution in [2.45, 2.75) is 26.1 Å². The quantitative estimate of drug-likeness (QED) is 0.811. The lowest BCUT2D eigenvalue weighted by molar-refractivity contribution is -0.121. The Balaban J connectivity index is 1.42. The highest BCUT2D eigenvalue weighted by Crippen LogP contribution is 2.24. The largest absolute Gasteiger partial charge is 0.372 e. The van der Waals surface area contributed by atoms with Gasteiger partial charge in [-0.3, -0.25) is 9.59 Å². The van der Waals surface area contributed by atoms with Crippen molar-refractivity contribution >= 4 is 33.6 Å². The summed E-state index contributed by atoms with van der Waals surface area (Å²) < 4.78 is 6.28. The van der Waals surface area contributed by atoms with Crippen LogP contribution in [0, 0.1) is 5.92 Å². The number of halogens is 1. The van der Waals surface area contributed by atoms with Gasteiger partial charge in [0.25, 0.3) is 5.91 Å². The fourth-order valence-electron chi connectivity index (χ4n) is 3.54. The standard InChI is InChI=1S/C20H20BrN3O3/c21-17-5-6-18(22-9-17)23-19(25)14-2-1-7-24(10-14)20(26)13-3-4-15-11-27-12-16(15)8-13/h3-6,8-9,14H,1-2,7,10-12H2,(H,22,23,25)/t14-/m0/s1. The Hall–Kier alpha value is -2.25. The molecule has 1 fully saturated rings. The molecule has 2 aliphatic rings. The lowest BCUT2D eigenvalue weighted by Gasteiger charge is -2.32. The van der Waals surface area contributed by atoms with E-state index in [9.17, 15) is 9.59 Å². The summed E-state index contributed by atoms with van der Waals surface area (Å²) in [7, 11) is 0. The van der Waals surface area contributed by atoms with Crippen LogP contribution in [0.4, 0.5) is 5.82 Å². The van der Waals surface area contributed by atoms with Gasteiger partial charge in [0.15, 0.2) is 0 Å². The molecule has 0 radical (unpaired) electrons. The minimum absolute atomic E-state index is 0.0241. The number of amides is 2. The number of pyridine rings is 1. The molecule has 2 aliphatic heterocycles. The van der Waals surface area contributed by atoms with Gasteiger partial charge in [-0.25, -0.2) is 4.98 Å². The minimum Gasteiger partial charge on any atom is -0.372 e. The molecule has 0 bridgehead atoms. The highest BCUT2D eigenvalue weighted by atomic mass is 79.9. The maximum Gasteiger partial charge on any atom is 0.253 e. The zero-order valence-electron chi connectivity index (χ0n) is 14.8. The van der Waals surface area contributed by atoms with Crippen LogP contribution in [-0.2, 0) is 22.7 Å². The van der Waals surface area contributed by atoms with Crippen LogP contribution in [0.15, 0.2) is 41.0 Å². The van der Waals surface area contributed by atoms with Crippen LogP contribution in [0.5, 0.6) is 0 Å². The van der Waals surface area contributed by atoms with Crippen molar-refractivity contribution in [1.82, 2.24) is 9.88 Å². The van der Waals surface area contributed by atoms with E-state index in [2.05, 4.69) is 26.2 Å². The number of carbonyl (C=O) groups excluding carboxylic acids is 2. The summed E-state index contributed by atoms with van der Waals surface area (Å²) in [5, 5.41) is 2.85. The molecule has 0 saturated carbocycles. The normalized spacial score (nSPS) is 18.9. The number of piperidine rings is 1. The van der Waals surface area contributed by atoms with E-state index in [1.807, 2.05) is 24.3 Å². The first-order valence-electron chi connectivity index (χ1n) is 9.01. The average Bonchev–Trinajstić information content (AvgIpc) is 3.17. The Morgan fingerprint density at radius 3 is 2.85 bits per heavy atom. The maximum absolute atomic E-state index is 12.9. The second kappa shape index (κ2) is 7.78. The van der Waals surface area contributed by atoms with E-state index in [0.717, 1.165) is 28.4 Å². The first-order chi connectivity index (χ1) is 13.1. The molecule has 1 aromatic heterocycles. The highest BCUT2D eigenvalue weighted by Gasteiger charge is 2.29. The average molecular weight is 430 g/mol. The third kappa shape index (κ3) is 4.04. The number of hydrogen-bond donors (Lipinski definition) is 1. The van der Waals surface area contributed by atoms with E-state index in [4.69, 9.17) is 4.74 Å². The third-order valence-corrected chi connectivity index (χ3v) is 5.50. The number of rotatable bonds is 3. The zero-order chi connectivity index (χ0) is 18.8. The predicted molar refractivity (Wildman–Crippen MR) is 104 cm³/mol. The predicted octanol–water partition coefficient (Wildman–Crippen LogP) is 3.37. The van der Waals surface area contributed by atoms with Crippen LogP contribution in [-0.4, -0.2) is 34.8 Å². The van der Waals surface area contributed by atoms with Gasteiger partial charge in [0.2, 0.25) is 5.91 Å². The van der Waals surface area contributed by atoms with E-state index >= 15 is 0 Å². The molecule has 0 aliphatic carbocycles. The zero-order valence-corrected chi connectivity index (χ0v) is 16.4. The summed E-state index contributed by atoms with van der Waals surface area (Å²) in [6.07, 6.45) is 3.22. The van der Waals surface area contributed by atoms with Crippen LogP contribution in [0.3, 0.4) is 0 Å². The second-order valence-corrected chi connectivity index (χ2v) is 7.83. The number of likely N-dealkylation sites (tertiary alicyclic amines) is 1. The van der Waals surface area contributed by atoms with Gasteiger partial charge in [-0.05, 0) is 64.2 Å². The lowest BCUT2D eigenvalue weighted by atomic mass is 9.96. The van der Waals surface area contributed by atoms with E-state index in [1.54, 1.807) is 17.2 Å². The van der Waals surface area contributed by atoms with Gasteiger partial charge in [-0.2, -0.15) is 0 Å². The van der Waals surface area contributed by atoms with Crippen molar-refractivity contribution in [3.05, 3.63) is 57.7 Å². The van der Waals surface area contributed by atoms with Crippen LogP contribution < -0.4 is 5.32 Å². The van der Waals surface area contributed by atoms with E-state index < -0.39 is 0 Å². The number of nitrogens with zero attached hydrogens (tertiary/aromatic N) is 2. The van der Waals surface area contributed by atoms with Crippen molar-refractivity contribution in [2.75, 3.05) is 18.4 Å². The highest BCUT2D eigenvalue weighted by molar-refractivity contribution is 9.10. The van der Waals surface area contributed by atoms with Gasteiger partial charge in [0.05, 0.1) is 19.1 Å². The Morgan fingerprint density at radius 2 is 2.04 bits per heavy atom. The molecule has 0 spiro atoms. The summed E-state index contributed by atoms with van der Waals surface area (Å²) in [6.45, 7) is 2.27. The van der Waals surface area contributed by atoms with Crippen LogP contribution in [0.25, 0.3) is 0 Å². The molecule has 1 N–H and O–H groups in total. The van der Waals surface area contributed by atoms with E-state index in [-0.39, 0.29) is 17.7 Å². The maximum atomic E-state index is 12.9. The molecule has 7 heteroatoms. The molecule has 2 amide bonds. The molecule has 6 nitrogen and oxygen atoms in total. The molecule has 3 heterocycles. The molecule has 2 aromatic rings. The van der Waals surface area contributed by atoms with Crippen LogP contribution in [0.1, 0.15) is 34.3 Å². The Labute approximate surface area is 166 Å². The van der Waals surface area contributed by atoms with Crippen molar-refractivity contribution in [1.29, 1.82) is 0 Å². The molecule has 1 atom stereocenters. The van der Waals surface area contributed by atoms with Gasteiger partial charge in [-0.15, -0.1) is 0 Å².